The maximum Gasteiger partial charge on any atom is 0.323 e. The SMILES string of the molecule is Br.CCOc1cc2c(cc1C(=O)NC)C(=N)N(CC(=O)c1cc(CN(CC(=O)O)C(C)=O)c(O)c(C(C)(C)C)c1)C2. The summed E-state index contributed by atoms with van der Waals surface area (Å²) in [6.07, 6.45) is 0. The van der Waals surface area contributed by atoms with E-state index in [2.05, 4.69) is 5.32 Å². The summed E-state index contributed by atoms with van der Waals surface area (Å²) < 4.78 is 5.64. The standard InChI is InChI=1S/C29H36N4O7.BrH/c1-7-40-24-10-18-12-33(27(30)20(18)11-21(24)28(39)31-6)14-23(35)17-8-19(13-32(16(2)34)15-25(36)37)26(38)22(9-17)29(3,4)5;/h8-11,30,38H,7,12-15H2,1-6H3,(H,31,39)(H,36,37);1H. The van der Waals surface area contributed by atoms with E-state index in [9.17, 15) is 29.4 Å². The largest absolute Gasteiger partial charge is 0.507 e. The number of hydrogen-bond donors (Lipinski definition) is 4. The molecule has 222 valence electrons. The number of carboxylic acids is 1. The zero-order valence-electron chi connectivity index (χ0n) is 24.1. The number of ether oxygens (including phenoxy) is 1. The molecule has 0 aliphatic carbocycles. The number of ketones is 1. The molecule has 12 heteroatoms. The molecule has 4 N–H and O–H groups in total. The number of nitrogens with zero attached hydrogens (tertiary/aromatic N) is 2. The van der Waals surface area contributed by atoms with Crippen molar-refractivity contribution < 1.29 is 34.1 Å². The molecule has 11 nitrogen and oxygen atoms in total. The summed E-state index contributed by atoms with van der Waals surface area (Å²) >= 11 is 0. The van der Waals surface area contributed by atoms with Crippen LogP contribution in [0.25, 0.3) is 0 Å². The third-order valence-electron chi connectivity index (χ3n) is 6.70. The normalized spacial score (nSPS) is 12.3. The Labute approximate surface area is 249 Å². The smallest absolute Gasteiger partial charge is 0.323 e. The molecule has 3 rings (SSSR count). The molecule has 41 heavy (non-hydrogen) atoms. The van der Waals surface area contributed by atoms with Crippen LogP contribution in [-0.4, -0.2) is 76.2 Å². The Bertz CT molecular complexity index is 1380. The number of Topliss-reactive ketones (excluding diaryl/α,β-unsaturated/α-hetero) is 1. The molecule has 0 fully saturated rings. The van der Waals surface area contributed by atoms with E-state index >= 15 is 0 Å². The number of hydrogen-bond acceptors (Lipinski definition) is 7. The van der Waals surface area contributed by atoms with E-state index in [0.717, 1.165) is 10.5 Å². The fourth-order valence-electron chi connectivity index (χ4n) is 4.61. The van der Waals surface area contributed by atoms with E-state index in [0.29, 0.717) is 29.0 Å². The molecular weight excluding hydrogens is 596 g/mol. The lowest BCUT2D eigenvalue weighted by atomic mass is 9.83. The number of nitrogens with one attached hydrogen (secondary N) is 2. The molecule has 0 atom stereocenters. The second-order valence-electron chi connectivity index (χ2n) is 10.7. The quantitative estimate of drug-likeness (QED) is 0.290. The molecule has 0 unspecified atom stereocenters. The Kier molecular flexibility index (Phi) is 10.7. The molecule has 2 aromatic carbocycles. The lowest BCUT2D eigenvalue weighted by Gasteiger charge is -2.26. The van der Waals surface area contributed by atoms with Crippen molar-refractivity contribution in [1.29, 1.82) is 5.41 Å². The molecular formula is C29H37BrN4O7. The third kappa shape index (κ3) is 7.43. The van der Waals surface area contributed by atoms with Crippen LogP contribution in [0.3, 0.4) is 0 Å². The van der Waals surface area contributed by atoms with E-state index in [1.54, 1.807) is 23.1 Å². The summed E-state index contributed by atoms with van der Waals surface area (Å²) in [5.74, 6) is -1.96. The van der Waals surface area contributed by atoms with E-state index in [1.165, 1.54) is 20.0 Å². The van der Waals surface area contributed by atoms with Crippen molar-refractivity contribution >= 4 is 46.4 Å². The van der Waals surface area contributed by atoms with Crippen LogP contribution in [0, 0.1) is 5.41 Å². The molecule has 0 aromatic heterocycles. The van der Waals surface area contributed by atoms with Crippen molar-refractivity contribution in [2.45, 2.75) is 53.1 Å². The van der Waals surface area contributed by atoms with Gasteiger partial charge in [0.2, 0.25) is 5.91 Å². The number of aliphatic carboxylic acids is 1. The summed E-state index contributed by atoms with van der Waals surface area (Å²) in [5, 5.41) is 31.5. The van der Waals surface area contributed by atoms with Gasteiger partial charge in [-0.25, -0.2) is 0 Å². The van der Waals surface area contributed by atoms with E-state index in [1.807, 2.05) is 27.7 Å². The molecule has 0 saturated heterocycles. The van der Waals surface area contributed by atoms with Crippen molar-refractivity contribution in [2.24, 2.45) is 0 Å². The number of rotatable bonds is 10. The topological polar surface area (TPSA) is 160 Å². The van der Waals surface area contributed by atoms with Crippen molar-refractivity contribution in [3.05, 3.63) is 57.6 Å². The van der Waals surface area contributed by atoms with Gasteiger partial charge in [-0.15, -0.1) is 17.0 Å². The Balaban J connectivity index is 0.00000588. The van der Waals surface area contributed by atoms with Gasteiger partial charge >= 0.3 is 5.97 Å². The molecule has 0 bridgehead atoms. The number of fused-ring (bicyclic) bond motifs is 1. The second-order valence-corrected chi connectivity index (χ2v) is 10.7. The van der Waals surface area contributed by atoms with Crippen LogP contribution >= 0.6 is 17.0 Å². The molecule has 1 aliphatic heterocycles. The first-order valence-corrected chi connectivity index (χ1v) is 12.9. The van der Waals surface area contributed by atoms with Crippen LogP contribution < -0.4 is 10.1 Å². The predicted octanol–water partition coefficient (Wildman–Crippen LogP) is 3.48. The van der Waals surface area contributed by atoms with Crippen LogP contribution in [0.1, 0.15) is 77.6 Å². The maximum absolute atomic E-state index is 13.5. The van der Waals surface area contributed by atoms with E-state index in [-0.39, 0.29) is 71.0 Å². The maximum atomic E-state index is 13.5. The van der Waals surface area contributed by atoms with E-state index in [4.69, 9.17) is 10.1 Å². The highest BCUT2D eigenvalue weighted by Gasteiger charge is 2.30. The van der Waals surface area contributed by atoms with Gasteiger partial charge in [-0.1, -0.05) is 20.8 Å². The average molecular weight is 634 g/mol. The van der Waals surface area contributed by atoms with Gasteiger partial charge in [0.25, 0.3) is 5.91 Å². The van der Waals surface area contributed by atoms with Gasteiger partial charge in [0.05, 0.1) is 18.7 Å². The van der Waals surface area contributed by atoms with Gasteiger partial charge in [0.15, 0.2) is 5.78 Å². The number of carbonyl (C=O) groups excluding carboxylic acids is 3. The van der Waals surface area contributed by atoms with Gasteiger partial charge in [-0.3, -0.25) is 24.6 Å². The lowest BCUT2D eigenvalue weighted by molar-refractivity contribution is -0.144. The van der Waals surface area contributed by atoms with Gasteiger partial charge in [-0.05, 0) is 42.2 Å². The highest BCUT2D eigenvalue weighted by Crippen LogP contribution is 2.36. The lowest BCUT2D eigenvalue weighted by Crippen LogP contribution is -2.34. The fourth-order valence-corrected chi connectivity index (χ4v) is 4.61. The molecule has 0 radical (unpaired) electrons. The number of aromatic hydroxyl groups is 1. The van der Waals surface area contributed by atoms with Gasteiger partial charge in [0, 0.05) is 49.3 Å². The number of amides is 2. The van der Waals surface area contributed by atoms with Gasteiger partial charge in [-0.2, -0.15) is 0 Å². The van der Waals surface area contributed by atoms with Crippen LogP contribution in [0.15, 0.2) is 24.3 Å². The summed E-state index contributed by atoms with van der Waals surface area (Å²) in [4.78, 5) is 52.0. The Morgan fingerprint density at radius 2 is 1.80 bits per heavy atom. The Hall–Kier alpha value is -3.93. The molecule has 0 spiro atoms. The van der Waals surface area contributed by atoms with Crippen LogP contribution in [0.5, 0.6) is 11.5 Å². The van der Waals surface area contributed by atoms with Crippen LogP contribution in [-0.2, 0) is 28.1 Å². The second kappa shape index (κ2) is 13.2. The first kappa shape index (κ1) is 33.3. The summed E-state index contributed by atoms with van der Waals surface area (Å²) in [5.41, 5.74) is 2.01. The number of benzene rings is 2. The third-order valence-corrected chi connectivity index (χ3v) is 6.70. The number of amidine groups is 1. The van der Waals surface area contributed by atoms with Crippen molar-refractivity contribution in [1.82, 2.24) is 15.1 Å². The fraction of sp³-hybridized carbons (Fsp3) is 0.414. The monoisotopic (exact) mass is 632 g/mol. The molecule has 1 aliphatic rings. The van der Waals surface area contributed by atoms with Gasteiger partial charge < -0.3 is 30.1 Å². The molecule has 2 amide bonds. The zero-order valence-corrected chi connectivity index (χ0v) is 25.8. The predicted molar refractivity (Wildman–Crippen MR) is 158 cm³/mol. The minimum Gasteiger partial charge on any atom is -0.507 e. The summed E-state index contributed by atoms with van der Waals surface area (Å²) in [6.45, 7) is 8.38. The first-order valence-electron chi connectivity index (χ1n) is 12.9. The minimum absolute atomic E-state index is 0. The Morgan fingerprint density at radius 1 is 1.15 bits per heavy atom. The first-order chi connectivity index (χ1) is 18.7. The van der Waals surface area contributed by atoms with Crippen LogP contribution in [0.2, 0.25) is 0 Å². The highest BCUT2D eigenvalue weighted by molar-refractivity contribution is 8.93. The summed E-state index contributed by atoms with van der Waals surface area (Å²) in [7, 11) is 1.51. The molecule has 2 aromatic rings. The summed E-state index contributed by atoms with van der Waals surface area (Å²) in [6, 6.07) is 6.38. The Morgan fingerprint density at radius 3 is 2.34 bits per heavy atom. The number of carbonyl (C=O) groups is 4. The van der Waals surface area contributed by atoms with Crippen molar-refractivity contribution in [3.8, 4) is 11.5 Å². The van der Waals surface area contributed by atoms with Crippen LogP contribution in [0.4, 0.5) is 0 Å². The molecule has 0 saturated carbocycles. The minimum atomic E-state index is -1.20. The number of carboxylic acid groups (broad SMARTS) is 1. The van der Waals surface area contributed by atoms with Crippen molar-refractivity contribution in [2.75, 3.05) is 26.7 Å². The number of phenols is 1. The van der Waals surface area contributed by atoms with E-state index < -0.39 is 23.8 Å². The highest BCUT2D eigenvalue weighted by atomic mass is 79.9. The zero-order chi connectivity index (χ0) is 29.9. The van der Waals surface area contributed by atoms with Gasteiger partial charge in [0.1, 0.15) is 23.9 Å². The number of phenolic OH excluding ortho intramolecular Hbond substituents is 1. The van der Waals surface area contributed by atoms with Crippen molar-refractivity contribution in [3.63, 3.8) is 0 Å². The average Bonchev–Trinajstić information content (AvgIpc) is 3.16. The number of halogens is 1. The molecule has 1 heterocycles.